The van der Waals surface area contributed by atoms with Crippen molar-refractivity contribution >= 4 is 35.5 Å². The zero-order valence-electron chi connectivity index (χ0n) is 41.2. The molecule has 0 saturated carbocycles. The quantitative estimate of drug-likeness (QED) is 0.0753. The highest BCUT2D eigenvalue weighted by Gasteiger charge is 2.76. The Morgan fingerprint density at radius 3 is 2.14 bits per heavy atom. The lowest BCUT2D eigenvalue weighted by Gasteiger charge is -2.46. The van der Waals surface area contributed by atoms with Gasteiger partial charge in [0.25, 0.3) is 0 Å². The minimum Gasteiger partial charge on any atom is -0.491 e. The lowest BCUT2D eigenvalue weighted by Crippen LogP contribution is -2.59. The maximum Gasteiger partial charge on any atom is 0.421 e. The van der Waals surface area contributed by atoms with E-state index in [9.17, 15) is 9.90 Å². The summed E-state index contributed by atoms with van der Waals surface area (Å²) in [5.74, 6) is 4.24. The number of carbonyl (C=O) groups excluding carboxylic acids is 4. The number of hydrogen-bond acceptors (Lipinski definition) is 14. The fourth-order valence-corrected chi connectivity index (χ4v) is 11.1. The Balaban J connectivity index is 1.20. The summed E-state index contributed by atoms with van der Waals surface area (Å²) in [6.07, 6.45) is 1.46. The Labute approximate surface area is 430 Å². The molecule has 16 nitrogen and oxygen atoms in total. The van der Waals surface area contributed by atoms with E-state index in [-0.39, 0.29) is 45.2 Å². The number of nitrogens with zero attached hydrogens (tertiary/aromatic N) is 7. The average Bonchev–Trinajstić information content (AvgIpc) is 4.08. The molecule has 6 atom stereocenters. The first-order valence-electron chi connectivity index (χ1n) is 24.8. The maximum absolute atomic E-state index is 16.6. The van der Waals surface area contributed by atoms with Crippen molar-refractivity contribution in [1.29, 1.82) is 0 Å². The highest BCUT2D eigenvalue weighted by atomic mass is 16.6. The molecule has 4 aliphatic rings. The van der Waals surface area contributed by atoms with Crippen LogP contribution >= 0.6 is 0 Å². The van der Waals surface area contributed by atoms with Crippen molar-refractivity contribution in [3.63, 3.8) is 0 Å². The van der Waals surface area contributed by atoms with E-state index in [1.807, 2.05) is 108 Å². The fraction of sp³-hybridized carbons (Fsp3) is 0.310. The number of esters is 1. The number of hydrogen-bond donors (Lipinski definition) is 1. The van der Waals surface area contributed by atoms with Crippen LogP contribution in [0.3, 0.4) is 0 Å². The van der Waals surface area contributed by atoms with E-state index < -0.39 is 59.4 Å². The second-order valence-corrected chi connectivity index (χ2v) is 18.7. The largest absolute Gasteiger partial charge is 0.491 e. The van der Waals surface area contributed by atoms with E-state index in [2.05, 4.69) is 38.8 Å². The molecule has 6 unspecified atom stereocenters. The Kier molecular flexibility index (Phi) is 14.8. The van der Waals surface area contributed by atoms with Gasteiger partial charge in [0.1, 0.15) is 36.5 Å². The van der Waals surface area contributed by atoms with Gasteiger partial charge in [-0.3, -0.25) is 24.2 Å². The van der Waals surface area contributed by atoms with Crippen molar-refractivity contribution in [3.05, 3.63) is 185 Å². The number of benzene rings is 5. The first-order valence-corrected chi connectivity index (χ1v) is 24.8. The number of ether oxygens (including phenoxy) is 4. The number of carbonyl (C=O) groups is 4. The van der Waals surface area contributed by atoms with E-state index in [0.29, 0.717) is 60.1 Å². The summed E-state index contributed by atoms with van der Waals surface area (Å²) < 4.78 is 23.6. The van der Waals surface area contributed by atoms with Crippen molar-refractivity contribution in [2.75, 3.05) is 83.1 Å². The van der Waals surface area contributed by atoms with Crippen LogP contribution in [0.2, 0.25) is 0 Å². The molecule has 0 aliphatic carbocycles. The van der Waals surface area contributed by atoms with Gasteiger partial charge in [0.05, 0.1) is 43.4 Å². The number of piperazine rings is 1. The third kappa shape index (κ3) is 9.46. The lowest BCUT2D eigenvalue weighted by atomic mass is 9.65. The first kappa shape index (κ1) is 49.6. The minimum absolute atomic E-state index is 0.0414. The normalized spacial score (nSPS) is 22.2. The summed E-state index contributed by atoms with van der Waals surface area (Å²) in [7, 11) is 3.47. The van der Waals surface area contributed by atoms with Gasteiger partial charge in [-0.15, -0.1) is 0 Å². The summed E-state index contributed by atoms with van der Waals surface area (Å²) in [5, 5.41) is 9.67. The van der Waals surface area contributed by atoms with Crippen molar-refractivity contribution in [2.24, 2.45) is 5.92 Å². The van der Waals surface area contributed by atoms with Crippen LogP contribution in [0.15, 0.2) is 152 Å². The first-order chi connectivity index (χ1) is 36.2. The minimum atomic E-state index is -2.01. The zero-order chi connectivity index (χ0) is 51.2. The molecular formula is C58H57N7O9. The Morgan fingerprint density at radius 2 is 1.46 bits per heavy atom. The van der Waals surface area contributed by atoms with Gasteiger partial charge in [-0.05, 0) is 71.3 Å². The molecule has 6 aromatic rings. The number of rotatable bonds is 14. The molecule has 5 heterocycles. The lowest BCUT2D eigenvalue weighted by molar-refractivity contribution is -0.179. The van der Waals surface area contributed by atoms with E-state index in [4.69, 9.17) is 18.9 Å². The Morgan fingerprint density at radius 1 is 0.784 bits per heavy atom. The summed E-state index contributed by atoms with van der Waals surface area (Å²) in [6.45, 7) is 1.98. The van der Waals surface area contributed by atoms with Gasteiger partial charge >= 0.3 is 12.1 Å². The van der Waals surface area contributed by atoms with Crippen LogP contribution in [-0.2, 0) is 40.6 Å². The zero-order valence-corrected chi connectivity index (χ0v) is 41.2. The molecule has 0 radical (unpaired) electrons. The predicted molar refractivity (Wildman–Crippen MR) is 275 cm³/mol. The van der Waals surface area contributed by atoms with Crippen LogP contribution in [-0.4, -0.2) is 133 Å². The monoisotopic (exact) mass is 995 g/mol. The predicted octanol–water partition coefficient (Wildman–Crippen LogP) is 6.13. The molecular weight excluding hydrogens is 939 g/mol. The van der Waals surface area contributed by atoms with Crippen LogP contribution in [0, 0.1) is 17.8 Å². The van der Waals surface area contributed by atoms with Gasteiger partial charge in [0.2, 0.25) is 17.8 Å². The topological polar surface area (TPSA) is 167 Å². The van der Waals surface area contributed by atoms with Gasteiger partial charge in [-0.1, -0.05) is 115 Å². The van der Waals surface area contributed by atoms with Gasteiger partial charge < -0.3 is 33.9 Å². The van der Waals surface area contributed by atoms with E-state index in [1.165, 1.54) is 7.11 Å². The summed E-state index contributed by atoms with van der Waals surface area (Å²) >= 11 is 0. The third-order valence-corrected chi connectivity index (χ3v) is 14.3. The summed E-state index contributed by atoms with van der Waals surface area (Å²) in [6, 6.07) is 40.0. The molecule has 16 heteroatoms. The van der Waals surface area contributed by atoms with Gasteiger partial charge in [-0.2, -0.15) is 0 Å². The van der Waals surface area contributed by atoms with Crippen LogP contribution in [0.1, 0.15) is 51.6 Å². The SMILES string of the molecule is COCCOC(=O)N1C(=O)C2(c3cc(C#CCN(C)Cc4ccccc4)ccc31)C(C(=O)N1CCN(c3ncccn3)CC1)C1C(=O)OC(c3ccccc3)C(c3ccccc3)N1C2c1ccc(OCCO)cc1. The third-order valence-electron chi connectivity index (χ3n) is 14.3. The number of fused-ring (bicyclic) bond motifs is 3. The number of anilines is 2. The van der Waals surface area contributed by atoms with Crippen molar-refractivity contribution in [2.45, 2.75) is 36.2 Å². The molecule has 5 aromatic carbocycles. The maximum atomic E-state index is 16.6. The fourth-order valence-electron chi connectivity index (χ4n) is 11.1. The molecule has 1 aromatic heterocycles. The van der Waals surface area contributed by atoms with Crippen LogP contribution < -0.4 is 14.5 Å². The average molecular weight is 996 g/mol. The molecule has 3 saturated heterocycles. The summed E-state index contributed by atoms with van der Waals surface area (Å²) in [5.41, 5.74) is 2.23. The Hall–Kier alpha value is -7.94. The number of cyclic esters (lactones) is 1. The molecule has 3 amide bonds. The van der Waals surface area contributed by atoms with Crippen LogP contribution in [0.25, 0.3) is 0 Å². The molecule has 3 fully saturated rings. The van der Waals surface area contributed by atoms with E-state index in [1.54, 1.807) is 53.7 Å². The molecule has 10 rings (SSSR count). The molecule has 4 aliphatic heterocycles. The highest BCUT2D eigenvalue weighted by Crippen LogP contribution is 2.66. The molecule has 1 N–H and O–H groups in total. The molecule has 378 valence electrons. The van der Waals surface area contributed by atoms with Gasteiger partial charge in [-0.25, -0.2) is 19.7 Å². The molecule has 74 heavy (non-hydrogen) atoms. The van der Waals surface area contributed by atoms with Crippen molar-refractivity contribution < 1.29 is 43.2 Å². The number of methoxy groups -OCH3 is 1. The van der Waals surface area contributed by atoms with Crippen molar-refractivity contribution in [3.8, 4) is 17.6 Å². The van der Waals surface area contributed by atoms with Crippen LogP contribution in [0.5, 0.6) is 5.75 Å². The van der Waals surface area contributed by atoms with E-state index >= 15 is 14.4 Å². The smallest absolute Gasteiger partial charge is 0.421 e. The second-order valence-electron chi connectivity index (χ2n) is 18.7. The van der Waals surface area contributed by atoms with E-state index in [0.717, 1.165) is 16.0 Å². The number of imide groups is 1. The van der Waals surface area contributed by atoms with Gasteiger partial charge in [0, 0.05) is 57.8 Å². The molecule has 1 spiro atoms. The Bertz CT molecular complexity index is 3010. The summed E-state index contributed by atoms with van der Waals surface area (Å²) in [4.78, 5) is 81.0. The number of aromatic nitrogens is 2. The van der Waals surface area contributed by atoms with Crippen molar-refractivity contribution in [1.82, 2.24) is 24.7 Å². The van der Waals surface area contributed by atoms with Gasteiger partial charge in [0.15, 0.2) is 0 Å². The standard InChI is InChI=1S/C58H57N7O9/c1-61(39-41-14-6-3-7-15-41)29-12-16-40-21-26-47-46(38-40)58(55(69)64(47)57(70)73-37-36-71-2)48(53(67)62-30-32-63(33-31-62)56-59-27-13-28-60-56)50-54(68)74-51(43-19-10-5-11-20-43)49(42-17-8-4-9-18-42)65(50)52(58)44-22-24-45(25-23-44)72-35-34-66/h3-11,13-15,17-28,38,48-52,66H,29-37,39H2,1-2H3. The molecule has 0 bridgehead atoms. The highest BCUT2D eigenvalue weighted by molar-refractivity contribution is 6.23. The number of morpholine rings is 1. The second kappa shape index (κ2) is 22.0. The number of amides is 3. The number of aliphatic hydroxyl groups excluding tert-OH is 1. The number of aliphatic hydroxyl groups is 1. The van der Waals surface area contributed by atoms with Crippen LogP contribution in [0.4, 0.5) is 16.4 Å².